The summed E-state index contributed by atoms with van der Waals surface area (Å²) in [6, 6.07) is 7.24. The van der Waals surface area contributed by atoms with Gasteiger partial charge in [0.15, 0.2) is 0 Å². The molecule has 126 valence electrons. The second-order valence-electron chi connectivity index (χ2n) is 5.61. The number of benzene rings is 1. The average molecular weight is 320 g/mol. The van der Waals surface area contributed by atoms with Crippen LogP contribution >= 0.6 is 0 Å². The first-order chi connectivity index (χ1) is 11.1. The van der Waals surface area contributed by atoms with Crippen LogP contribution in [0.1, 0.15) is 19.8 Å². The summed E-state index contributed by atoms with van der Waals surface area (Å²) in [4.78, 5) is 26.0. The van der Waals surface area contributed by atoms with Crippen LogP contribution in [0.2, 0.25) is 0 Å². The van der Waals surface area contributed by atoms with E-state index < -0.39 is 0 Å². The highest BCUT2D eigenvalue weighted by atomic mass is 16.5. The Hall–Kier alpha value is -2.08. The summed E-state index contributed by atoms with van der Waals surface area (Å²) in [6.45, 7) is 3.87. The fourth-order valence-electron chi connectivity index (χ4n) is 2.76. The molecule has 1 amide bonds. The molecule has 0 spiro atoms. The number of likely N-dealkylation sites (tertiary alicyclic amines) is 1. The zero-order chi connectivity index (χ0) is 16.7. The molecule has 0 radical (unpaired) electrons. The number of carbonyl (C=O) groups excluding carboxylic acids is 2. The molecule has 23 heavy (non-hydrogen) atoms. The first-order valence-electron chi connectivity index (χ1n) is 7.95. The van der Waals surface area contributed by atoms with E-state index >= 15 is 0 Å². The van der Waals surface area contributed by atoms with Crippen molar-refractivity contribution in [3.05, 3.63) is 24.3 Å². The molecule has 1 saturated heterocycles. The van der Waals surface area contributed by atoms with E-state index in [1.165, 1.54) is 0 Å². The number of methoxy groups -OCH3 is 1. The minimum absolute atomic E-state index is 0.0947. The third-order valence-corrected chi connectivity index (χ3v) is 3.85. The van der Waals surface area contributed by atoms with Gasteiger partial charge in [-0.1, -0.05) is 6.07 Å². The largest absolute Gasteiger partial charge is 0.497 e. The van der Waals surface area contributed by atoms with Gasteiger partial charge in [-0.15, -0.1) is 0 Å². The van der Waals surface area contributed by atoms with Crippen LogP contribution < -0.4 is 10.1 Å². The predicted molar refractivity (Wildman–Crippen MR) is 87.4 cm³/mol. The quantitative estimate of drug-likeness (QED) is 0.811. The Bertz CT molecular complexity index is 547. The number of hydrogen-bond donors (Lipinski definition) is 1. The van der Waals surface area contributed by atoms with Gasteiger partial charge in [-0.3, -0.25) is 14.5 Å². The van der Waals surface area contributed by atoms with Crippen molar-refractivity contribution in [3.8, 4) is 5.75 Å². The molecule has 6 heteroatoms. The zero-order valence-corrected chi connectivity index (χ0v) is 13.7. The number of carbonyl (C=O) groups is 2. The molecule has 0 aliphatic carbocycles. The number of hydrogen-bond acceptors (Lipinski definition) is 5. The van der Waals surface area contributed by atoms with Gasteiger partial charge in [0, 0.05) is 18.3 Å². The van der Waals surface area contributed by atoms with Crippen molar-refractivity contribution in [1.29, 1.82) is 0 Å². The van der Waals surface area contributed by atoms with Gasteiger partial charge in [0.25, 0.3) is 0 Å². The minimum Gasteiger partial charge on any atom is -0.497 e. The molecule has 6 nitrogen and oxygen atoms in total. The molecular formula is C17H24N2O4. The Morgan fingerprint density at radius 2 is 2.22 bits per heavy atom. The van der Waals surface area contributed by atoms with Gasteiger partial charge < -0.3 is 14.8 Å². The molecule has 0 saturated carbocycles. The third kappa shape index (κ3) is 5.25. The summed E-state index contributed by atoms with van der Waals surface area (Å²) in [5, 5.41) is 2.86. The summed E-state index contributed by atoms with van der Waals surface area (Å²) >= 11 is 0. The lowest BCUT2D eigenvalue weighted by Crippen LogP contribution is -2.43. The molecule has 1 heterocycles. The molecule has 1 aromatic carbocycles. The van der Waals surface area contributed by atoms with Gasteiger partial charge in [0.1, 0.15) is 5.75 Å². The van der Waals surface area contributed by atoms with Gasteiger partial charge >= 0.3 is 5.97 Å². The predicted octanol–water partition coefficient (Wildman–Crippen LogP) is 1.91. The number of anilines is 1. The van der Waals surface area contributed by atoms with Gasteiger partial charge in [-0.05, 0) is 38.4 Å². The Morgan fingerprint density at radius 3 is 2.96 bits per heavy atom. The van der Waals surface area contributed by atoms with Gasteiger partial charge in [0.05, 0.1) is 26.2 Å². The fraction of sp³-hybridized carbons (Fsp3) is 0.529. The van der Waals surface area contributed by atoms with Gasteiger partial charge in [0.2, 0.25) is 5.91 Å². The molecular weight excluding hydrogens is 296 g/mol. The van der Waals surface area contributed by atoms with E-state index in [1.54, 1.807) is 20.1 Å². The molecule has 0 bridgehead atoms. The van der Waals surface area contributed by atoms with E-state index in [0.29, 0.717) is 24.6 Å². The Morgan fingerprint density at radius 1 is 1.39 bits per heavy atom. The smallest absolute Gasteiger partial charge is 0.310 e. The summed E-state index contributed by atoms with van der Waals surface area (Å²) in [7, 11) is 1.59. The summed E-state index contributed by atoms with van der Waals surface area (Å²) in [5.74, 6) is 0.310. The second-order valence-corrected chi connectivity index (χ2v) is 5.61. The van der Waals surface area contributed by atoms with Gasteiger partial charge in [-0.25, -0.2) is 0 Å². The lowest BCUT2D eigenvalue weighted by molar-refractivity contribution is -0.150. The maximum atomic E-state index is 12.2. The van der Waals surface area contributed by atoms with Crippen molar-refractivity contribution < 1.29 is 19.1 Å². The van der Waals surface area contributed by atoms with E-state index in [2.05, 4.69) is 5.32 Å². The Labute approximate surface area is 136 Å². The third-order valence-electron chi connectivity index (χ3n) is 3.85. The number of ether oxygens (including phenoxy) is 2. The maximum Gasteiger partial charge on any atom is 0.310 e. The van der Waals surface area contributed by atoms with Crippen molar-refractivity contribution in [2.24, 2.45) is 5.92 Å². The van der Waals surface area contributed by atoms with E-state index in [0.717, 1.165) is 19.4 Å². The summed E-state index contributed by atoms with van der Waals surface area (Å²) in [6.07, 6.45) is 1.72. The Balaban J connectivity index is 1.85. The number of esters is 1. The van der Waals surface area contributed by atoms with Crippen LogP contribution in [0, 0.1) is 5.92 Å². The molecule has 1 N–H and O–H groups in total. The Kier molecular flexibility index (Phi) is 6.40. The second kappa shape index (κ2) is 8.53. The summed E-state index contributed by atoms with van der Waals surface area (Å²) in [5.41, 5.74) is 0.702. The minimum atomic E-state index is -0.162. The normalized spacial score (nSPS) is 18.3. The molecule has 1 aliphatic rings. The molecule has 0 aromatic heterocycles. The first kappa shape index (κ1) is 17.3. The number of piperidine rings is 1. The fourth-order valence-corrected chi connectivity index (χ4v) is 2.76. The molecule has 1 unspecified atom stereocenters. The topological polar surface area (TPSA) is 67.9 Å². The van der Waals surface area contributed by atoms with Crippen LogP contribution in [0.4, 0.5) is 5.69 Å². The summed E-state index contributed by atoms with van der Waals surface area (Å²) < 4.78 is 10.2. The van der Waals surface area contributed by atoms with Crippen LogP contribution in [0.25, 0.3) is 0 Å². The first-order valence-corrected chi connectivity index (χ1v) is 7.95. The SMILES string of the molecule is CCOC(=O)C1CCCN(CC(=O)Nc2cccc(OC)c2)C1. The molecule has 1 aliphatic heterocycles. The highest BCUT2D eigenvalue weighted by Gasteiger charge is 2.27. The van der Waals surface area contributed by atoms with Crippen LogP contribution in [0.5, 0.6) is 5.75 Å². The number of amides is 1. The number of nitrogens with one attached hydrogen (secondary N) is 1. The molecule has 2 rings (SSSR count). The standard InChI is InChI=1S/C17H24N2O4/c1-3-23-17(21)13-6-5-9-19(11-13)12-16(20)18-14-7-4-8-15(10-14)22-2/h4,7-8,10,13H,3,5-6,9,11-12H2,1-2H3,(H,18,20). The van der Waals surface area contributed by atoms with E-state index in [-0.39, 0.29) is 24.3 Å². The van der Waals surface area contributed by atoms with Crippen molar-refractivity contribution in [2.45, 2.75) is 19.8 Å². The number of rotatable bonds is 6. The van der Waals surface area contributed by atoms with Crippen molar-refractivity contribution in [3.63, 3.8) is 0 Å². The monoisotopic (exact) mass is 320 g/mol. The van der Waals surface area contributed by atoms with Crippen LogP contribution in [-0.4, -0.2) is 50.1 Å². The van der Waals surface area contributed by atoms with Crippen LogP contribution in [-0.2, 0) is 14.3 Å². The zero-order valence-electron chi connectivity index (χ0n) is 13.7. The number of nitrogens with zero attached hydrogens (tertiary/aromatic N) is 1. The maximum absolute atomic E-state index is 12.2. The average Bonchev–Trinajstić information content (AvgIpc) is 2.55. The van der Waals surface area contributed by atoms with Crippen LogP contribution in [0.3, 0.4) is 0 Å². The van der Waals surface area contributed by atoms with E-state index in [9.17, 15) is 9.59 Å². The highest BCUT2D eigenvalue weighted by molar-refractivity contribution is 5.92. The molecule has 1 fully saturated rings. The molecule has 1 aromatic rings. The van der Waals surface area contributed by atoms with E-state index in [4.69, 9.17) is 9.47 Å². The van der Waals surface area contributed by atoms with Crippen LogP contribution in [0.15, 0.2) is 24.3 Å². The van der Waals surface area contributed by atoms with Crippen molar-refractivity contribution in [2.75, 3.05) is 38.7 Å². The van der Waals surface area contributed by atoms with Crippen molar-refractivity contribution >= 4 is 17.6 Å². The van der Waals surface area contributed by atoms with Gasteiger partial charge in [-0.2, -0.15) is 0 Å². The van der Waals surface area contributed by atoms with Crippen molar-refractivity contribution in [1.82, 2.24) is 4.90 Å². The lowest BCUT2D eigenvalue weighted by atomic mass is 9.98. The molecule has 1 atom stereocenters. The van der Waals surface area contributed by atoms with E-state index in [1.807, 2.05) is 23.1 Å². The highest BCUT2D eigenvalue weighted by Crippen LogP contribution is 2.19. The lowest BCUT2D eigenvalue weighted by Gasteiger charge is -2.30.